The van der Waals surface area contributed by atoms with Crippen molar-refractivity contribution < 1.29 is 9.18 Å². The van der Waals surface area contributed by atoms with Gasteiger partial charge >= 0.3 is 0 Å². The topological polar surface area (TPSA) is 120 Å². The molecule has 1 saturated heterocycles. The van der Waals surface area contributed by atoms with E-state index in [1.807, 2.05) is 12.1 Å². The van der Waals surface area contributed by atoms with Gasteiger partial charge in [0.25, 0.3) is 11.5 Å². The van der Waals surface area contributed by atoms with Gasteiger partial charge in [0.05, 0.1) is 11.9 Å². The summed E-state index contributed by atoms with van der Waals surface area (Å²) in [4.78, 5) is 41.7. The summed E-state index contributed by atoms with van der Waals surface area (Å²) in [7, 11) is 1.66. The van der Waals surface area contributed by atoms with Gasteiger partial charge in [0.1, 0.15) is 5.84 Å². The number of halogens is 1. The highest BCUT2D eigenvalue weighted by Crippen LogP contribution is 2.25. The highest BCUT2D eigenvalue weighted by Gasteiger charge is 2.27. The summed E-state index contributed by atoms with van der Waals surface area (Å²) in [5.41, 5.74) is 2.24. The second-order valence-electron chi connectivity index (χ2n) is 9.29. The van der Waals surface area contributed by atoms with Crippen molar-refractivity contribution in [3.63, 3.8) is 0 Å². The Kier molecular flexibility index (Phi) is 7.13. The van der Waals surface area contributed by atoms with Gasteiger partial charge in [-0.05, 0) is 49.4 Å². The molecule has 0 bridgehead atoms. The molecule has 0 radical (unpaired) electrons. The maximum atomic E-state index is 14.3. The average Bonchev–Trinajstić information content (AvgIpc) is 2.95. The van der Waals surface area contributed by atoms with Crippen LogP contribution in [0.4, 0.5) is 16.0 Å². The molecule has 1 atom stereocenters. The van der Waals surface area contributed by atoms with Crippen molar-refractivity contribution >= 4 is 23.4 Å². The smallest absolute Gasteiger partial charge is 0.256 e. The number of hydrogen-bond acceptors (Lipinski definition) is 8. The molecule has 3 aromatic heterocycles. The third-order valence-electron chi connectivity index (χ3n) is 6.75. The molecule has 0 spiro atoms. The van der Waals surface area contributed by atoms with Crippen LogP contribution >= 0.6 is 0 Å². The molecule has 1 aliphatic rings. The minimum Gasteiger partial charge on any atom is -0.368 e. The second-order valence-corrected chi connectivity index (χ2v) is 9.29. The van der Waals surface area contributed by atoms with Crippen molar-refractivity contribution in [1.82, 2.24) is 24.8 Å². The number of rotatable bonds is 5. The normalized spacial score (nSPS) is 15.2. The van der Waals surface area contributed by atoms with Gasteiger partial charge in [-0.1, -0.05) is 0 Å². The first-order chi connectivity index (χ1) is 18.8. The molecule has 1 amide bonds. The standard InChI is InChI=1S/C28H27FN8O2/c1-18-17-36(21-5-3-19(4-6-21)26(30)34-27(39)20-7-10-31-11-8-20)13-14-37(18)28-33-24(15-25(38)35(28)2)22-9-12-32-16-23(22)29/h3-12,15-16,18H,13-14,17H2,1-2H3,(H2,30,34,39)/t18-/m1/s1. The summed E-state index contributed by atoms with van der Waals surface area (Å²) in [5.74, 6) is -0.403. The van der Waals surface area contributed by atoms with Crippen LogP contribution in [0.3, 0.4) is 0 Å². The van der Waals surface area contributed by atoms with Crippen LogP contribution in [-0.4, -0.2) is 56.9 Å². The summed E-state index contributed by atoms with van der Waals surface area (Å²) in [6, 6.07) is 13.5. The van der Waals surface area contributed by atoms with Gasteiger partial charge in [-0.3, -0.25) is 29.5 Å². The van der Waals surface area contributed by atoms with Gasteiger partial charge in [-0.15, -0.1) is 0 Å². The monoisotopic (exact) mass is 526 g/mol. The number of amidine groups is 1. The highest BCUT2D eigenvalue weighted by atomic mass is 19.1. The summed E-state index contributed by atoms with van der Waals surface area (Å²) in [6.45, 7) is 3.99. The Morgan fingerprint density at radius 2 is 1.74 bits per heavy atom. The molecule has 0 aliphatic carbocycles. The highest BCUT2D eigenvalue weighted by molar-refractivity contribution is 6.11. The average molecular weight is 527 g/mol. The largest absolute Gasteiger partial charge is 0.368 e. The van der Waals surface area contributed by atoms with Crippen molar-refractivity contribution in [3.05, 3.63) is 101 Å². The van der Waals surface area contributed by atoms with E-state index in [0.717, 1.165) is 11.9 Å². The maximum absolute atomic E-state index is 14.3. The molecule has 0 unspecified atom stereocenters. The molecule has 0 saturated carbocycles. The molecule has 11 heteroatoms. The lowest BCUT2D eigenvalue weighted by atomic mass is 10.1. The summed E-state index contributed by atoms with van der Waals surface area (Å²) in [6.07, 6.45) is 5.64. The van der Waals surface area contributed by atoms with Crippen LogP contribution in [0.1, 0.15) is 22.8 Å². The first kappa shape index (κ1) is 25.7. The number of pyridine rings is 2. The molecule has 1 fully saturated rings. The molecule has 10 nitrogen and oxygen atoms in total. The summed E-state index contributed by atoms with van der Waals surface area (Å²) in [5, 5.41) is 10.9. The molecular weight excluding hydrogens is 499 g/mol. The zero-order chi connectivity index (χ0) is 27.5. The fraction of sp³-hybridized carbons (Fsp3) is 0.214. The van der Waals surface area contributed by atoms with Crippen LogP contribution in [-0.2, 0) is 7.05 Å². The Morgan fingerprint density at radius 3 is 2.44 bits per heavy atom. The molecule has 1 aromatic carbocycles. The van der Waals surface area contributed by atoms with Crippen molar-refractivity contribution in [1.29, 1.82) is 5.41 Å². The molecular formula is C28H27FN8O2. The lowest BCUT2D eigenvalue weighted by molar-refractivity contribution is 0.0977. The van der Waals surface area contributed by atoms with Gasteiger partial charge in [-0.2, -0.15) is 0 Å². The number of carbonyl (C=O) groups is 1. The van der Waals surface area contributed by atoms with E-state index in [0.29, 0.717) is 36.7 Å². The van der Waals surface area contributed by atoms with E-state index in [2.05, 4.69) is 37.0 Å². The van der Waals surface area contributed by atoms with Crippen LogP contribution < -0.4 is 20.7 Å². The molecule has 4 aromatic rings. The Morgan fingerprint density at radius 1 is 1.03 bits per heavy atom. The van der Waals surface area contributed by atoms with Crippen LogP contribution in [0, 0.1) is 11.2 Å². The molecule has 2 N–H and O–H groups in total. The van der Waals surface area contributed by atoms with Crippen molar-refractivity contribution in [3.8, 4) is 11.3 Å². The minimum atomic E-state index is -0.532. The van der Waals surface area contributed by atoms with E-state index in [9.17, 15) is 14.0 Å². The van der Waals surface area contributed by atoms with Crippen LogP contribution in [0.15, 0.2) is 78.1 Å². The first-order valence-electron chi connectivity index (χ1n) is 12.4. The van der Waals surface area contributed by atoms with Crippen molar-refractivity contribution in [2.45, 2.75) is 13.0 Å². The van der Waals surface area contributed by atoms with Crippen molar-refractivity contribution in [2.75, 3.05) is 29.4 Å². The number of hydrogen-bond donors (Lipinski definition) is 2. The third-order valence-corrected chi connectivity index (χ3v) is 6.75. The first-order valence-corrected chi connectivity index (χ1v) is 12.4. The second kappa shape index (κ2) is 10.8. The number of anilines is 2. The van der Waals surface area contributed by atoms with Crippen LogP contribution in [0.25, 0.3) is 11.3 Å². The maximum Gasteiger partial charge on any atom is 0.256 e. The van der Waals surface area contributed by atoms with E-state index in [4.69, 9.17) is 5.41 Å². The van der Waals surface area contributed by atoms with Gasteiger partial charge in [0, 0.05) is 79.8 Å². The molecule has 5 rings (SSSR count). The Hall–Kier alpha value is -4.93. The Balaban J connectivity index is 1.28. The predicted molar refractivity (Wildman–Crippen MR) is 147 cm³/mol. The van der Waals surface area contributed by atoms with Crippen LogP contribution in [0.5, 0.6) is 0 Å². The van der Waals surface area contributed by atoms with Crippen LogP contribution in [0.2, 0.25) is 0 Å². The van der Waals surface area contributed by atoms with Gasteiger partial charge in [-0.25, -0.2) is 9.37 Å². The van der Waals surface area contributed by atoms with E-state index < -0.39 is 5.82 Å². The number of carbonyl (C=O) groups excluding carboxylic acids is 1. The van der Waals surface area contributed by atoms with Crippen molar-refractivity contribution in [2.24, 2.45) is 7.05 Å². The van der Waals surface area contributed by atoms with Gasteiger partial charge in [0.2, 0.25) is 5.95 Å². The summed E-state index contributed by atoms with van der Waals surface area (Å²) >= 11 is 0. The number of amides is 1. The molecule has 4 heterocycles. The zero-order valence-electron chi connectivity index (χ0n) is 21.5. The lowest BCUT2D eigenvalue weighted by Gasteiger charge is -2.42. The molecule has 198 valence electrons. The fourth-order valence-corrected chi connectivity index (χ4v) is 4.59. The predicted octanol–water partition coefficient (Wildman–Crippen LogP) is 2.85. The van der Waals surface area contributed by atoms with E-state index in [1.54, 1.807) is 31.3 Å². The minimum absolute atomic E-state index is 0.00649. The molecule has 1 aliphatic heterocycles. The quantitative estimate of drug-likeness (QED) is 0.303. The third kappa shape index (κ3) is 5.37. The number of aromatic nitrogens is 4. The number of nitrogens with zero attached hydrogens (tertiary/aromatic N) is 6. The Labute approximate surface area is 224 Å². The SMILES string of the molecule is C[C@@H]1CN(c2ccc(C(=N)NC(=O)c3ccncc3)cc2)CCN1c1nc(-c2ccncc2F)cc(=O)n1C. The lowest BCUT2D eigenvalue weighted by Crippen LogP contribution is -2.53. The van der Waals surface area contributed by atoms with E-state index in [1.165, 1.54) is 35.3 Å². The van der Waals surface area contributed by atoms with E-state index in [-0.39, 0.29) is 34.6 Å². The number of nitrogens with one attached hydrogen (secondary N) is 2. The summed E-state index contributed by atoms with van der Waals surface area (Å²) < 4.78 is 15.8. The number of piperazine rings is 1. The molecule has 39 heavy (non-hydrogen) atoms. The fourth-order valence-electron chi connectivity index (χ4n) is 4.59. The van der Waals surface area contributed by atoms with Gasteiger partial charge < -0.3 is 15.1 Å². The zero-order valence-corrected chi connectivity index (χ0v) is 21.5. The number of benzene rings is 1. The van der Waals surface area contributed by atoms with Gasteiger partial charge in [0.15, 0.2) is 5.82 Å². The Bertz CT molecular complexity index is 1570. The van der Waals surface area contributed by atoms with E-state index >= 15 is 0 Å².